The fourth-order valence-electron chi connectivity index (χ4n) is 4.36. The van der Waals surface area contributed by atoms with Crippen molar-refractivity contribution in [3.63, 3.8) is 0 Å². The molecule has 8 heteroatoms. The number of rotatable bonds is 10. The van der Waals surface area contributed by atoms with E-state index >= 15 is 0 Å². The van der Waals surface area contributed by atoms with Crippen LogP contribution in [0, 0.1) is 11.8 Å². The lowest BCUT2D eigenvalue weighted by Crippen LogP contribution is -2.33. The molecule has 1 aliphatic rings. The van der Waals surface area contributed by atoms with Crippen LogP contribution < -0.4 is 15.4 Å². The predicted molar refractivity (Wildman–Crippen MR) is 143 cm³/mol. The van der Waals surface area contributed by atoms with Crippen LogP contribution in [0.15, 0.2) is 42.6 Å². The van der Waals surface area contributed by atoms with E-state index in [1.807, 2.05) is 50.2 Å². The van der Waals surface area contributed by atoms with Gasteiger partial charge in [-0.1, -0.05) is 37.6 Å². The molecule has 36 heavy (non-hydrogen) atoms. The summed E-state index contributed by atoms with van der Waals surface area (Å²) in [4.78, 5) is 27.8. The predicted octanol–water partition coefficient (Wildman–Crippen LogP) is 5.19. The maximum Gasteiger partial charge on any atom is 0.340 e. The van der Waals surface area contributed by atoms with Crippen molar-refractivity contribution < 1.29 is 19.1 Å². The average Bonchev–Trinajstić information content (AvgIpc) is 3.28. The number of piperidine rings is 1. The van der Waals surface area contributed by atoms with Crippen molar-refractivity contribution in [1.29, 1.82) is 0 Å². The SMILES string of the molecule is CC(C)COC(=O)c1c[nH]c2cc(Cl)c(-c3ccc(OCCNC(=O)CC4CCNCC4)cc3)cc12. The van der Waals surface area contributed by atoms with Gasteiger partial charge < -0.3 is 25.1 Å². The highest BCUT2D eigenvalue weighted by molar-refractivity contribution is 6.34. The number of amides is 1. The molecule has 7 nitrogen and oxygen atoms in total. The fourth-order valence-corrected chi connectivity index (χ4v) is 4.64. The molecule has 0 saturated carbocycles. The highest BCUT2D eigenvalue weighted by Gasteiger charge is 2.18. The average molecular weight is 512 g/mol. The van der Waals surface area contributed by atoms with Crippen molar-refractivity contribution >= 4 is 34.4 Å². The van der Waals surface area contributed by atoms with Crippen molar-refractivity contribution in [2.45, 2.75) is 33.1 Å². The summed E-state index contributed by atoms with van der Waals surface area (Å²) in [6.07, 6.45) is 4.36. The van der Waals surface area contributed by atoms with E-state index in [9.17, 15) is 9.59 Å². The van der Waals surface area contributed by atoms with E-state index in [1.54, 1.807) is 6.20 Å². The highest BCUT2D eigenvalue weighted by atomic mass is 35.5. The minimum absolute atomic E-state index is 0.0862. The molecule has 1 aromatic heterocycles. The molecule has 1 saturated heterocycles. The Hall–Kier alpha value is -3.03. The zero-order valence-electron chi connectivity index (χ0n) is 20.9. The first-order valence-corrected chi connectivity index (χ1v) is 13.0. The van der Waals surface area contributed by atoms with Crippen LogP contribution in [0.2, 0.25) is 5.02 Å². The summed E-state index contributed by atoms with van der Waals surface area (Å²) >= 11 is 6.56. The Labute approximate surface area is 216 Å². The Bertz CT molecular complexity index is 1180. The Morgan fingerprint density at radius 3 is 2.61 bits per heavy atom. The number of carbonyl (C=O) groups is 2. The van der Waals surface area contributed by atoms with Crippen molar-refractivity contribution in [1.82, 2.24) is 15.6 Å². The molecule has 1 fully saturated rings. The zero-order chi connectivity index (χ0) is 25.5. The van der Waals surface area contributed by atoms with Gasteiger partial charge in [-0.2, -0.15) is 0 Å². The van der Waals surface area contributed by atoms with E-state index in [1.165, 1.54) is 0 Å². The largest absolute Gasteiger partial charge is 0.492 e. The van der Waals surface area contributed by atoms with Gasteiger partial charge in [-0.05, 0) is 67.6 Å². The number of hydrogen-bond acceptors (Lipinski definition) is 5. The molecular formula is C28H34ClN3O4. The maximum atomic E-state index is 12.5. The van der Waals surface area contributed by atoms with Gasteiger partial charge in [0.25, 0.3) is 0 Å². The smallest absolute Gasteiger partial charge is 0.340 e. The minimum atomic E-state index is -0.352. The molecule has 0 radical (unpaired) electrons. The number of carbonyl (C=O) groups excluding carboxylic acids is 2. The molecule has 0 bridgehead atoms. The zero-order valence-corrected chi connectivity index (χ0v) is 21.6. The molecule has 0 unspecified atom stereocenters. The molecular weight excluding hydrogens is 478 g/mol. The monoisotopic (exact) mass is 511 g/mol. The number of halogens is 1. The van der Waals surface area contributed by atoms with Gasteiger partial charge in [0.2, 0.25) is 5.91 Å². The van der Waals surface area contributed by atoms with E-state index in [-0.39, 0.29) is 17.8 Å². The van der Waals surface area contributed by atoms with Gasteiger partial charge >= 0.3 is 5.97 Å². The van der Waals surface area contributed by atoms with Crippen LogP contribution in [0.1, 0.15) is 43.5 Å². The third kappa shape index (κ3) is 6.80. The molecule has 3 aromatic rings. The van der Waals surface area contributed by atoms with Crippen LogP contribution in [0.25, 0.3) is 22.0 Å². The summed E-state index contributed by atoms with van der Waals surface area (Å²) < 4.78 is 11.2. The van der Waals surface area contributed by atoms with Gasteiger partial charge in [0.05, 0.1) is 23.7 Å². The molecule has 0 atom stereocenters. The Morgan fingerprint density at radius 1 is 1.14 bits per heavy atom. The van der Waals surface area contributed by atoms with Crippen molar-refractivity contribution in [2.24, 2.45) is 11.8 Å². The number of fused-ring (bicyclic) bond motifs is 1. The van der Waals surface area contributed by atoms with Crippen LogP contribution >= 0.6 is 11.6 Å². The number of H-pyrrole nitrogens is 1. The topological polar surface area (TPSA) is 92.5 Å². The second kappa shape index (κ2) is 12.3. The minimum Gasteiger partial charge on any atom is -0.492 e. The number of benzene rings is 2. The summed E-state index contributed by atoms with van der Waals surface area (Å²) in [6, 6.07) is 11.3. The molecule has 0 spiro atoms. The van der Waals surface area contributed by atoms with E-state index in [0.29, 0.717) is 48.4 Å². The van der Waals surface area contributed by atoms with Gasteiger partial charge in [-0.15, -0.1) is 0 Å². The van der Waals surface area contributed by atoms with Crippen molar-refractivity contribution in [3.8, 4) is 16.9 Å². The lowest BCUT2D eigenvalue weighted by atomic mass is 9.94. The standard InChI is InChI=1S/C28H34ClN3O4/c1-18(2)17-36-28(34)24-16-32-26-15-25(29)22(14-23(24)26)20-3-5-21(6-4-20)35-12-11-31-27(33)13-19-7-9-30-10-8-19/h3-6,14-16,18-19,30,32H,7-13,17H2,1-2H3,(H,31,33). The highest BCUT2D eigenvalue weighted by Crippen LogP contribution is 2.34. The molecule has 192 valence electrons. The third-order valence-electron chi connectivity index (χ3n) is 6.33. The van der Waals surface area contributed by atoms with Crippen LogP contribution in [-0.4, -0.2) is 49.7 Å². The second-order valence-electron chi connectivity index (χ2n) is 9.69. The van der Waals surface area contributed by atoms with Gasteiger partial charge in [0.1, 0.15) is 12.4 Å². The van der Waals surface area contributed by atoms with Crippen LogP contribution in [0.4, 0.5) is 0 Å². The normalized spacial score (nSPS) is 14.2. The quantitative estimate of drug-likeness (QED) is 0.257. The molecule has 4 rings (SSSR count). The van der Waals surface area contributed by atoms with E-state index in [4.69, 9.17) is 21.1 Å². The molecule has 1 amide bonds. The number of nitrogens with one attached hydrogen (secondary N) is 3. The van der Waals surface area contributed by atoms with Gasteiger partial charge in [0.15, 0.2) is 0 Å². The first kappa shape index (κ1) is 26.0. The molecule has 3 N–H and O–H groups in total. The van der Waals surface area contributed by atoms with Crippen LogP contribution in [0.3, 0.4) is 0 Å². The molecule has 0 aliphatic carbocycles. The van der Waals surface area contributed by atoms with Crippen LogP contribution in [0.5, 0.6) is 5.75 Å². The second-order valence-corrected chi connectivity index (χ2v) is 10.1. The lowest BCUT2D eigenvalue weighted by Gasteiger charge is -2.21. The number of ether oxygens (including phenoxy) is 2. The first-order valence-electron chi connectivity index (χ1n) is 12.6. The number of hydrogen-bond donors (Lipinski definition) is 3. The molecule has 2 aromatic carbocycles. The van der Waals surface area contributed by atoms with Crippen LogP contribution in [-0.2, 0) is 9.53 Å². The summed E-state index contributed by atoms with van der Waals surface area (Å²) in [5.74, 6) is 1.18. The lowest BCUT2D eigenvalue weighted by molar-refractivity contribution is -0.122. The van der Waals surface area contributed by atoms with Gasteiger partial charge in [0, 0.05) is 29.1 Å². The van der Waals surface area contributed by atoms with E-state index in [2.05, 4.69) is 15.6 Å². The van der Waals surface area contributed by atoms with Gasteiger partial charge in [-0.3, -0.25) is 4.79 Å². The number of aromatic nitrogens is 1. The maximum absolute atomic E-state index is 12.5. The molecule has 2 heterocycles. The number of esters is 1. The Morgan fingerprint density at radius 2 is 1.89 bits per heavy atom. The van der Waals surface area contributed by atoms with Crippen molar-refractivity contribution in [3.05, 3.63) is 53.2 Å². The summed E-state index contributed by atoms with van der Waals surface area (Å²) in [7, 11) is 0. The van der Waals surface area contributed by atoms with E-state index in [0.717, 1.165) is 48.0 Å². The van der Waals surface area contributed by atoms with Gasteiger partial charge in [-0.25, -0.2) is 4.79 Å². The molecule has 1 aliphatic heterocycles. The number of aromatic amines is 1. The first-order chi connectivity index (χ1) is 17.4. The van der Waals surface area contributed by atoms with Crippen molar-refractivity contribution in [2.75, 3.05) is 32.8 Å². The Kier molecular flexibility index (Phi) is 8.88. The summed E-state index contributed by atoms with van der Waals surface area (Å²) in [5.41, 5.74) is 3.00. The summed E-state index contributed by atoms with van der Waals surface area (Å²) in [6.45, 7) is 7.22. The fraction of sp³-hybridized carbons (Fsp3) is 0.429. The summed E-state index contributed by atoms with van der Waals surface area (Å²) in [5, 5.41) is 7.61. The Balaban J connectivity index is 1.34. The van der Waals surface area contributed by atoms with E-state index < -0.39 is 0 Å². The third-order valence-corrected chi connectivity index (χ3v) is 6.64.